The molecule has 0 spiro atoms. The molecule has 1 aliphatic heterocycles. The van der Waals surface area contributed by atoms with Crippen molar-refractivity contribution in [3.63, 3.8) is 0 Å². The molecular weight excluding hydrogens is 308 g/mol. The maximum atomic E-state index is 12.8. The molecule has 0 radical (unpaired) electrons. The Kier molecular flexibility index (Phi) is 3.13. The molecule has 1 N–H and O–H groups in total. The zero-order chi connectivity index (χ0) is 16.1. The van der Waals surface area contributed by atoms with Crippen LogP contribution in [0.2, 0.25) is 0 Å². The summed E-state index contributed by atoms with van der Waals surface area (Å²) in [6.07, 6.45) is 2.79. The molecule has 3 heterocycles. The first kappa shape index (κ1) is 14.2. The summed E-state index contributed by atoms with van der Waals surface area (Å²) in [7, 11) is 0. The number of benzene rings is 1. The lowest BCUT2D eigenvalue weighted by Crippen LogP contribution is -2.20. The van der Waals surface area contributed by atoms with E-state index in [2.05, 4.69) is 0 Å². The van der Waals surface area contributed by atoms with E-state index < -0.39 is 0 Å². The molecule has 0 saturated carbocycles. The number of allylic oxidation sites excluding steroid dienone is 1. The Morgan fingerprint density at radius 2 is 2.17 bits per heavy atom. The van der Waals surface area contributed by atoms with E-state index in [1.807, 2.05) is 32.1 Å². The fourth-order valence-corrected chi connectivity index (χ4v) is 4.10. The normalized spacial score (nSPS) is 15.5. The quantitative estimate of drug-likeness (QED) is 0.742. The highest BCUT2D eigenvalue weighted by Gasteiger charge is 2.23. The second kappa shape index (κ2) is 5.06. The molecule has 0 saturated heterocycles. The molecule has 0 amide bonds. The standard InChI is InChI=1S/C18H16N2O2S/c1-10-11(2)23-17-15(10)18(22)20-7-6-13(16(20)19-17)8-12-4-3-5-14(21)9-12/h3-5,8-9,21H,6-7H2,1-2H3/b13-8+. The number of aromatic nitrogens is 2. The van der Waals surface area contributed by atoms with Crippen LogP contribution in [0.25, 0.3) is 21.9 Å². The average molecular weight is 324 g/mol. The molecule has 0 aliphatic carbocycles. The molecule has 0 fully saturated rings. The lowest BCUT2D eigenvalue weighted by Gasteiger charge is -2.03. The molecule has 0 bridgehead atoms. The molecular formula is C18H16N2O2S. The van der Waals surface area contributed by atoms with Crippen molar-refractivity contribution < 1.29 is 5.11 Å². The fraction of sp³-hybridized carbons (Fsp3) is 0.222. The zero-order valence-corrected chi connectivity index (χ0v) is 13.8. The second-order valence-electron chi connectivity index (χ2n) is 5.87. The average Bonchev–Trinajstić information content (AvgIpc) is 3.02. The molecule has 3 aromatic rings. The van der Waals surface area contributed by atoms with E-state index in [-0.39, 0.29) is 11.3 Å². The van der Waals surface area contributed by atoms with Gasteiger partial charge in [-0.1, -0.05) is 12.1 Å². The Morgan fingerprint density at radius 1 is 1.35 bits per heavy atom. The number of hydrogen-bond acceptors (Lipinski definition) is 4. The van der Waals surface area contributed by atoms with Crippen molar-refractivity contribution in [3.05, 3.63) is 56.4 Å². The van der Waals surface area contributed by atoms with Gasteiger partial charge in [-0.2, -0.15) is 0 Å². The van der Waals surface area contributed by atoms with Gasteiger partial charge in [0.05, 0.1) is 5.39 Å². The zero-order valence-electron chi connectivity index (χ0n) is 13.0. The van der Waals surface area contributed by atoms with Gasteiger partial charge in [0.1, 0.15) is 16.4 Å². The monoisotopic (exact) mass is 324 g/mol. The maximum Gasteiger partial charge on any atom is 0.262 e. The Hall–Kier alpha value is -2.40. The summed E-state index contributed by atoms with van der Waals surface area (Å²) >= 11 is 1.58. The highest BCUT2D eigenvalue weighted by Crippen LogP contribution is 2.32. The highest BCUT2D eigenvalue weighted by molar-refractivity contribution is 7.18. The Bertz CT molecular complexity index is 1030. The van der Waals surface area contributed by atoms with E-state index in [1.165, 1.54) is 0 Å². The maximum absolute atomic E-state index is 12.8. The van der Waals surface area contributed by atoms with Crippen molar-refractivity contribution in [1.29, 1.82) is 0 Å². The summed E-state index contributed by atoms with van der Waals surface area (Å²) in [4.78, 5) is 19.5. The molecule has 116 valence electrons. The van der Waals surface area contributed by atoms with E-state index in [0.29, 0.717) is 6.54 Å². The Morgan fingerprint density at radius 3 is 2.96 bits per heavy atom. The minimum Gasteiger partial charge on any atom is -0.508 e. The van der Waals surface area contributed by atoms with E-state index in [1.54, 1.807) is 28.0 Å². The summed E-state index contributed by atoms with van der Waals surface area (Å²) in [5.74, 6) is 0.995. The van der Waals surface area contributed by atoms with Crippen molar-refractivity contribution in [2.45, 2.75) is 26.8 Å². The van der Waals surface area contributed by atoms with Gasteiger partial charge in [-0.15, -0.1) is 11.3 Å². The van der Waals surface area contributed by atoms with Crippen LogP contribution in [0, 0.1) is 13.8 Å². The van der Waals surface area contributed by atoms with Crippen LogP contribution >= 0.6 is 11.3 Å². The number of nitrogens with zero attached hydrogens (tertiary/aromatic N) is 2. The lowest BCUT2D eigenvalue weighted by atomic mass is 10.1. The Labute approximate surface area is 137 Å². The third-order valence-electron chi connectivity index (χ3n) is 4.39. The summed E-state index contributed by atoms with van der Waals surface area (Å²) < 4.78 is 1.77. The molecule has 4 nitrogen and oxygen atoms in total. The van der Waals surface area contributed by atoms with Crippen LogP contribution in [-0.4, -0.2) is 14.7 Å². The number of thiophene rings is 1. The number of phenols is 1. The first-order valence-corrected chi connectivity index (χ1v) is 8.37. The van der Waals surface area contributed by atoms with Gasteiger partial charge in [0, 0.05) is 11.4 Å². The molecule has 0 atom stereocenters. The van der Waals surface area contributed by atoms with Crippen LogP contribution in [0.3, 0.4) is 0 Å². The van der Waals surface area contributed by atoms with Gasteiger partial charge in [0.25, 0.3) is 5.56 Å². The van der Waals surface area contributed by atoms with Gasteiger partial charge in [0.2, 0.25) is 0 Å². The number of phenolic OH excluding ortho intramolecular Hbond substituents is 1. The van der Waals surface area contributed by atoms with Crippen LogP contribution in [0.1, 0.15) is 28.2 Å². The van der Waals surface area contributed by atoms with Crippen LogP contribution in [0.4, 0.5) is 0 Å². The summed E-state index contributed by atoms with van der Waals surface area (Å²) in [5.41, 5.74) is 3.06. The topological polar surface area (TPSA) is 55.1 Å². The number of fused-ring (bicyclic) bond motifs is 2. The molecule has 5 heteroatoms. The number of rotatable bonds is 1. The van der Waals surface area contributed by atoms with Crippen molar-refractivity contribution in [2.75, 3.05) is 0 Å². The fourth-order valence-electron chi connectivity index (χ4n) is 3.08. The van der Waals surface area contributed by atoms with E-state index >= 15 is 0 Å². The van der Waals surface area contributed by atoms with Crippen LogP contribution in [0.5, 0.6) is 5.75 Å². The van der Waals surface area contributed by atoms with E-state index in [4.69, 9.17) is 4.98 Å². The molecule has 1 aliphatic rings. The van der Waals surface area contributed by atoms with Crippen molar-refractivity contribution in [3.8, 4) is 5.75 Å². The third kappa shape index (κ3) is 2.19. The van der Waals surface area contributed by atoms with Crippen molar-refractivity contribution in [2.24, 2.45) is 0 Å². The largest absolute Gasteiger partial charge is 0.508 e. The minimum atomic E-state index is 0.0613. The predicted octanol–water partition coefficient (Wildman–Crippen LogP) is 3.72. The van der Waals surface area contributed by atoms with Gasteiger partial charge in [-0.05, 0) is 55.2 Å². The molecule has 2 aromatic heterocycles. The number of aromatic hydroxyl groups is 1. The molecule has 0 unspecified atom stereocenters. The molecule has 23 heavy (non-hydrogen) atoms. The van der Waals surface area contributed by atoms with Gasteiger partial charge in [-0.25, -0.2) is 4.98 Å². The first-order valence-electron chi connectivity index (χ1n) is 7.55. The van der Waals surface area contributed by atoms with Gasteiger partial charge < -0.3 is 5.11 Å². The summed E-state index contributed by atoms with van der Waals surface area (Å²) in [6.45, 7) is 4.68. The summed E-state index contributed by atoms with van der Waals surface area (Å²) in [5, 5.41) is 10.4. The molecule has 1 aromatic carbocycles. The second-order valence-corrected chi connectivity index (χ2v) is 7.07. The predicted molar refractivity (Wildman–Crippen MR) is 93.9 cm³/mol. The highest BCUT2D eigenvalue weighted by atomic mass is 32.1. The van der Waals surface area contributed by atoms with Crippen molar-refractivity contribution in [1.82, 2.24) is 9.55 Å². The molecule has 4 rings (SSSR count). The van der Waals surface area contributed by atoms with Crippen LogP contribution in [-0.2, 0) is 6.54 Å². The lowest BCUT2D eigenvalue weighted by molar-refractivity contribution is 0.475. The van der Waals surface area contributed by atoms with Gasteiger partial charge in [0.15, 0.2) is 0 Å². The number of hydrogen-bond donors (Lipinski definition) is 1. The third-order valence-corrected chi connectivity index (χ3v) is 5.49. The minimum absolute atomic E-state index is 0.0613. The number of aryl methyl sites for hydroxylation is 2. The van der Waals surface area contributed by atoms with Crippen molar-refractivity contribution >= 4 is 33.2 Å². The van der Waals surface area contributed by atoms with Crippen LogP contribution < -0.4 is 5.56 Å². The SMILES string of the molecule is Cc1sc2nc3n(c(=O)c2c1C)CC/C3=C\c1cccc(O)c1. The van der Waals surface area contributed by atoms with E-state index in [0.717, 1.165) is 44.0 Å². The van der Waals surface area contributed by atoms with Gasteiger partial charge >= 0.3 is 0 Å². The Balaban J connectivity index is 1.92. The summed E-state index contributed by atoms with van der Waals surface area (Å²) in [6, 6.07) is 7.11. The van der Waals surface area contributed by atoms with E-state index in [9.17, 15) is 9.90 Å². The van der Waals surface area contributed by atoms with Gasteiger partial charge in [-0.3, -0.25) is 9.36 Å². The van der Waals surface area contributed by atoms with Crippen LogP contribution in [0.15, 0.2) is 29.1 Å². The first-order chi connectivity index (χ1) is 11.0. The smallest absolute Gasteiger partial charge is 0.262 e.